The molecule has 0 bridgehead atoms. The predicted molar refractivity (Wildman–Crippen MR) is 101 cm³/mol. The second-order valence-electron chi connectivity index (χ2n) is 6.40. The molecule has 0 radical (unpaired) electrons. The minimum Gasteiger partial charge on any atom is -0.401 e. The maximum atomic E-state index is 12.8. The van der Waals surface area contributed by atoms with Crippen molar-refractivity contribution in [3.8, 4) is 11.6 Å². The number of hydrogen-bond acceptors (Lipinski definition) is 8. The molecule has 0 unspecified atom stereocenters. The lowest BCUT2D eigenvalue weighted by Gasteiger charge is -2.21. The second kappa shape index (κ2) is 7.11. The maximum Gasteiger partial charge on any atom is 0.322 e. The molecule has 148 valence electrons. The summed E-state index contributed by atoms with van der Waals surface area (Å²) in [5, 5.41) is 16.2. The van der Waals surface area contributed by atoms with Crippen molar-refractivity contribution >= 4 is 33.3 Å². The van der Waals surface area contributed by atoms with Gasteiger partial charge in [-0.15, -0.1) is 16.4 Å². The molecule has 1 atom stereocenters. The molecule has 1 aliphatic rings. The van der Waals surface area contributed by atoms with Gasteiger partial charge in [0.05, 0.1) is 0 Å². The van der Waals surface area contributed by atoms with Crippen molar-refractivity contribution in [2.45, 2.75) is 30.0 Å². The van der Waals surface area contributed by atoms with Crippen LogP contribution in [0.2, 0.25) is 0 Å². The van der Waals surface area contributed by atoms with Gasteiger partial charge in [0, 0.05) is 19.3 Å². The number of carbonyl (C=O) groups is 1. The van der Waals surface area contributed by atoms with Crippen LogP contribution in [0.25, 0.3) is 11.6 Å². The molecule has 1 saturated heterocycles. The minimum absolute atomic E-state index is 0.0938. The third kappa shape index (κ3) is 3.34. The van der Waals surface area contributed by atoms with Gasteiger partial charge in [-0.05, 0) is 37.3 Å². The van der Waals surface area contributed by atoms with Crippen LogP contribution in [-0.4, -0.2) is 51.2 Å². The number of amides is 1. The van der Waals surface area contributed by atoms with Crippen LogP contribution < -0.4 is 5.32 Å². The van der Waals surface area contributed by atoms with Gasteiger partial charge in [0.2, 0.25) is 5.91 Å². The fourth-order valence-corrected chi connectivity index (χ4v) is 5.82. The van der Waals surface area contributed by atoms with Gasteiger partial charge in [-0.1, -0.05) is 11.2 Å². The Morgan fingerprint density at radius 2 is 2.21 bits per heavy atom. The zero-order valence-corrected chi connectivity index (χ0v) is 16.8. The highest BCUT2D eigenvalue weighted by Crippen LogP contribution is 2.29. The number of anilines is 1. The Labute approximate surface area is 165 Å². The van der Waals surface area contributed by atoms with E-state index in [-0.39, 0.29) is 16.1 Å². The van der Waals surface area contributed by atoms with Crippen LogP contribution in [0.5, 0.6) is 0 Å². The van der Waals surface area contributed by atoms with Crippen LogP contribution in [-0.2, 0) is 21.9 Å². The number of nitrogens with zero attached hydrogens (tertiary/aromatic N) is 5. The summed E-state index contributed by atoms with van der Waals surface area (Å²) >= 11 is 1.13. The molecule has 3 aromatic rings. The zero-order valence-electron chi connectivity index (χ0n) is 15.2. The topological polar surface area (TPSA) is 123 Å². The number of carbonyl (C=O) groups excluding carboxylic acids is 1. The molecule has 12 heteroatoms. The Morgan fingerprint density at radius 1 is 1.39 bits per heavy atom. The van der Waals surface area contributed by atoms with E-state index in [0.717, 1.165) is 17.0 Å². The molecule has 3 aromatic heterocycles. The summed E-state index contributed by atoms with van der Waals surface area (Å²) in [4.78, 5) is 12.7. The zero-order chi connectivity index (χ0) is 19.9. The van der Waals surface area contributed by atoms with E-state index in [0.29, 0.717) is 25.1 Å². The minimum atomic E-state index is -3.71. The molecule has 4 heterocycles. The molecule has 28 heavy (non-hydrogen) atoms. The number of hydrogen-bond donors (Lipinski definition) is 1. The monoisotopic (exact) mass is 422 g/mol. The van der Waals surface area contributed by atoms with Gasteiger partial charge < -0.3 is 4.42 Å². The number of aryl methyl sites for hydroxylation is 2. The van der Waals surface area contributed by atoms with Gasteiger partial charge in [0.25, 0.3) is 15.9 Å². The standard InChI is InChI=1S/C16H18N6O4S2/c1-10-9-11(20-21(10)2)15-18-19-16(26-15)17-14(23)12-5-3-7-22(12)28(24,25)13-6-4-8-27-13/h4,6,8-9,12H,3,5,7H2,1-2H3,(H,17,19,23)/t12-/m0/s1. The largest absolute Gasteiger partial charge is 0.401 e. The summed E-state index contributed by atoms with van der Waals surface area (Å²) in [7, 11) is -1.92. The third-order valence-corrected chi connectivity index (χ3v) is 7.83. The summed E-state index contributed by atoms with van der Waals surface area (Å²) in [6.45, 7) is 2.18. The first kappa shape index (κ1) is 18.8. The van der Waals surface area contributed by atoms with Gasteiger partial charge in [-0.3, -0.25) is 14.8 Å². The molecular weight excluding hydrogens is 404 g/mol. The molecule has 1 aliphatic heterocycles. The number of aromatic nitrogens is 4. The summed E-state index contributed by atoms with van der Waals surface area (Å²) in [6, 6.07) is 4.07. The lowest BCUT2D eigenvalue weighted by molar-refractivity contribution is -0.119. The van der Waals surface area contributed by atoms with E-state index in [1.54, 1.807) is 29.2 Å². The van der Waals surface area contributed by atoms with E-state index < -0.39 is 22.0 Å². The van der Waals surface area contributed by atoms with Crippen LogP contribution in [0.1, 0.15) is 18.5 Å². The first-order valence-corrected chi connectivity index (χ1v) is 10.9. The van der Waals surface area contributed by atoms with Crippen molar-refractivity contribution in [3.63, 3.8) is 0 Å². The predicted octanol–water partition coefficient (Wildman–Crippen LogP) is 1.63. The van der Waals surface area contributed by atoms with Gasteiger partial charge in [-0.2, -0.15) is 9.40 Å². The fourth-order valence-electron chi connectivity index (χ4n) is 3.05. The van der Waals surface area contributed by atoms with Crippen LogP contribution in [0, 0.1) is 6.92 Å². The van der Waals surface area contributed by atoms with Crippen LogP contribution in [0.4, 0.5) is 6.01 Å². The highest BCUT2D eigenvalue weighted by atomic mass is 32.2. The Bertz CT molecular complexity index is 1080. The first-order valence-electron chi connectivity index (χ1n) is 8.57. The second-order valence-corrected chi connectivity index (χ2v) is 9.47. The number of sulfonamides is 1. The quantitative estimate of drug-likeness (QED) is 0.663. The lowest BCUT2D eigenvalue weighted by Crippen LogP contribution is -2.42. The number of thiophene rings is 1. The van der Waals surface area contributed by atoms with Crippen LogP contribution >= 0.6 is 11.3 Å². The average Bonchev–Trinajstić information content (AvgIpc) is 3.43. The molecule has 1 N–H and O–H groups in total. The van der Waals surface area contributed by atoms with Gasteiger partial charge in [-0.25, -0.2) is 8.42 Å². The van der Waals surface area contributed by atoms with E-state index in [2.05, 4.69) is 20.6 Å². The molecule has 0 spiro atoms. The fraction of sp³-hybridized carbons (Fsp3) is 0.375. The van der Waals surface area contributed by atoms with E-state index in [1.165, 1.54) is 10.4 Å². The van der Waals surface area contributed by atoms with E-state index in [1.807, 2.05) is 6.92 Å². The van der Waals surface area contributed by atoms with Crippen molar-refractivity contribution in [2.75, 3.05) is 11.9 Å². The van der Waals surface area contributed by atoms with Crippen molar-refractivity contribution in [3.05, 3.63) is 29.3 Å². The Kier molecular flexibility index (Phi) is 4.77. The molecule has 0 aliphatic carbocycles. The van der Waals surface area contributed by atoms with Crippen molar-refractivity contribution in [1.29, 1.82) is 0 Å². The molecular formula is C16H18N6O4S2. The molecule has 0 aromatic carbocycles. The Hall–Kier alpha value is -2.57. The highest BCUT2D eigenvalue weighted by molar-refractivity contribution is 7.91. The van der Waals surface area contributed by atoms with Crippen molar-refractivity contribution in [2.24, 2.45) is 7.05 Å². The van der Waals surface area contributed by atoms with Crippen LogP contribution in [0.3, 0.4) is 0 Å². The summed E-state index contributed by atoms with van der Waals surface area (Å²) in [5.41, 5.74) is 1.41. The normalized spacial score (nSPS) is 17.9. The maximum absolute atomic E-state index is 12.8. The average molecular weight is 422 g/mol. The highest BCUT2D eigenvalue weighted by Gasteiger charge is 2.40. The molecule has 4 rings (SSSR count). The van der Waals surface area contributed by atoms with Gasteiger partial charge in [0.15, 0.2) is 0 Å². The van der Waals surface area contributed by atoms with Crippen molar-refractivity contribution < 1.29 is 17.6 Å². The molecule has 1 fully saturated rings. The van der Waals surface area contributed by atoms with Gasteiger partial charge in [0.1, 0.15) is 15.9 Å². The SMILES string of the molecule is Cc1cc(-c2nnc(NC(=O)[C@@H]3CCCN3S(=O)(=O)c3cccs3)o2)nn1C. The summed E-state index contributed by atoms with van der Waals surface area (Å²) < 4.78 is 34.1. The number of rotatable bonds is 5. The summed E-state index contributed by atoms with van der Waals surface area (Å²) in [5.74, 6) is -0.321. The number of nitrogens with one attached hydrogen (secondary N) is 1. The Morgan fingerprint density at radius 3 is 2.89 bits per heavy atom. The molecule has 1 amide bonds. The van der Waals surface area contributed by atoms with Crippen LogP contribution in [0.15, 0.2) is 32.2 Å². The molecule has 0 saturated carbocycles. The van der Waals surface area contributed by atoms with E-state index in [9.17, 15) is 13.2 Å². The van der Waals surface area contributed by atoms with Crippen molar-refractivity contribution in [1.82, 2.24) is 24.3 Å². The van der Waals surface area contributed by atoms with Gasteiger partial charge >= 0.3 is 6.01 Å². The van der Waals surface area contributed by atoms with E-state index >= 15 is 0 Å². The lowest BCUT2D eigenvalue weighted by atomic mass is 10.2. The summed E-state index contributed by atoms with van der Waals surface area (Å²) in [6.07, 6.45) is 1.03. The third-order valence-electron chi connectivity index (χ3n) is 4.55. The Balaban J connectivity index is 1.50. The van der Waals surface area contributed by atoms with E-state index in [4.69, 9.17) is 4.42 Å². The molecule has 10 nitrogen and oxygen atoms in total. The first-order chi connectivity index (χ1) is 13.4. The smallest absolute Gasteiger partial charge is 0.322 e.